The second-order valence-corrected chi connectivity index (χ2v) is 8.48. The maximum Gasteiger partial charge on any atom is 0.0345 e. The van der Waals surface area contributed by atoms with Crippen LogP contribution >= 0.6 is 0 Å². The van der Waals surface area contributed by atoms with Crippen LogP contribution in [0.4, 0.5) is 0 Å². The Hall–Kier alpha value is -0.820. The minimum absolute atomic E-state index is 0.215. The van der Waals surface area contributed by atoms with E-state index in [1.54, 1.807) is 0 Å². The Morgan fingerprint density at radius 2 is 1.40 bits per heavy atom. The molecule has 112 valence electrons. The summed E-state index contributed by atoms with van der Waals surface area (Å²) < 4.78 is 0. The summed E-state index contributed by atoms with van der Waals surface area (Å²) in [5.74, 6) is 0. The van der Waals surface area contributed by atoms with Crippen molar-refractivity contribution in [2.24, 2.45) is 0 Å². The van der Waals surface area contributed by atoms with Gasteiger partial charge in [-0.1, -0.05) is 59.7 Å². The standard InChI is InChI=1S/C19H31N/c1-18(2,3)15-11-14(17-9-8-10-20(17)7)12-16(13-15)19(4,5)6/h11-13,17H,8-10H2,1-7H3. The lowest BCUT2D eigenvalue weighted by Gasteiger charge is -2.29. The van der Waals surface area contributed by atoms with Gasteiger partial charge < -0.3 is 0 Å². The molecule has 0 spiro atoms. The fourth-order valence-corrected chi connectivity index (χ4v) is 3.04. The minimum atomic E-state index is 0.215. The van der Waals surface area contributed by atoms with E-state index in [0.717, 1.165) is 0 Å². The first-order valence-electron chi connectivity index (χ1n) is 7.95. The van der Waals surface area contributed by atoms with Crippen molar-refractivity contribution in [1.29, 1.82) is 0 Å². The molecule has 1 atom stereocenters. The first-order valence-corrected chi connectivity index (χ1v) is 7.95. The second-order valence-electron chi connectivity index (χ2n) is 8.48. The maximum atomic E-state index is 2.51. The molecule has 1 aliphatic heterocycles. The fraction of sp³-hybridized carbons (Fsp3) is 0.684. The highest BCUT2D eigenvalue weighted by Gasteiger charge is 2.26. The van der Waals surface area contributed by atoms with Crippen LogP contribution < -0.4 is 0 Å². The Kier molecular flexibility index (Phi) is 4.03. The van der Waals surface area contributed by atoms with Gasteiger partial charge in [0.05, 0.1) is 0 Å². The molecule has 0 saturated carbocycles. The van der Waals surface area contributed by atoms with Crippen LogP contribution in [0, 0.1) is 0 Å². The third kappa shape index (κ3) is 3.25. The van der Waals surface area contributed by atoms with Gasteiger partial charge in [0.2, 0.25) is 0 Å². The molecule has 0 aromatic heterocycles. The molecular formula is C19H31N. The Labute approximate surface area is 125 Å². The predicted octanol–water partition coefficient (Wildman–Crippen LogP) is 5.05. The topological polar surface area (TPSA) is 3.24 Å². The number of hydrogen-bond acceptors (Lipinski definition) is 1. The van der Waals surface area contributed by atoms with Crippen molar-refractivity contribution < 1.29 is 0 Å². The van der Waals surface area contributed by atoms with E-state index >= 15 is 0 Å². The Morgan fingerprint density at radius 3 is 1.75 bits per heavy atom. The number of nitrogens with zero attached hydrogens (tertiary/aromatic N) is 1. The third-order valence-electron chi connectivity index (χ3n) is 4.59. The van der Waals surface area contributed by atoms with Crippen molar-refractivity contribution >= 4 is 0 Å². The van der Waals surface area contributed by atoms with Gasteiger partial charge in [-0.3, -0.25) is 4.90 Å². The van der Waals surface area contributed by atoms with Crippen molar-refractivity contribution in [2.75, 3.05) is 13.6 Å². The summed E-state index contributed by atoms with van der Waals surface area (Å²) in [7, 11) is 2.26. The lowest BCUT2D eigenvalue weighted by atomic mass is 9.78. The van der Waals surface area contributed by atoms with E-state index in [9.17, 15) is 0 Å². The van der Waals surface area contributed by atoms with Crippen molar-refractivity contribution in [3.05, 3.63) is 34.9 Å². The molecule has 1 aliphatic rings. The average molecular weight is 273 g/mol. The lowest BCUT2D eigenvalue weighted by Crippen LogP contribution is -2.21. The molecule has 1 heterocycles. The molecule has 0 radical (unpaired) electrons. The molecule has 1 unspecified atom stereocenters. The Bertz CT molecular complexity index is 441. The Balaban J connectivity index is 2.51. The molecule has 1 nitrogen and oxygen atoms in total. The van der Waals surface area contributed by atoms with Crippen LogP contribution in [0.5, 0.6) is 0 Å². The van der Waals surface area contributed by atoms with E-state index in [2.05, 4.69) is 71.7 Å². The summed E-state index contributed by atoms with van der Waals surface area (Å²) in [5, 5.41) is 0. The van der Waals surface area contributed by atoms with Crippen molar-refractivity contribution in [3.63, 3.8) is 0 Å². The third-order valence-corrected chi connectivity index (χ3v) is 4.59. The molecule has 0 bridgehead atoms. The zero-order valence-electron chi connectivity index (χ0n) is 14.4. The summed E-state index contributed by atoms with van der Waals surface area (Å²) in [6.07, 6.45) is 2.62. The summed E-state index contributed by atoms with van der Waals surface area (Å²) in [5.41, 5.74) is 4.89. The summed E-state index contributed by atoms with van der Waals surface area (Å²) in [4.78, 5) is 2.51. The zero-order valence-corrected chi connectivity index (χ0v) is 14.4. The van der Waals surface area contributed by atoms with Crippen LogP contribution in [0.15, 0.2) is 18.2 Å². The van der Waals surface area contributed by atoms with Gasteiger partial charge in [0.1, 0.15) is 0 Å². The molecule has 1 heteroatoms. The highest BCUT2D eigenvalue weighted by atomic mass is 15.1. The number of hydrogen-bond donors (Lipinski definition) is 0. The van der Waals surface area contributed by atoms with E-state index in [0.29, 0.717) is 6.04 Å². The van der Waals surface area contributed by atoms with Gasteiger partial charge in [0.15, 0.2) is 0 Å². The zero-order chi connectivity index (χ0) is 15.1. The molecule has 0 aliphatic carbocycles. The van der Waals surface area contributed by atoms with E-state index < -0.39 is 0 Å². The van der Waals surface area contributed by atoms with Crippen molar-refractivity contribution in [1.82, 2.24) is 4.90 Å². The van der Waals surface area contributed by atoms with Crippen molar-refractivity contribution in [2.45, 2.75) is 71.3 Å². The largest absolute Gasteiger partial charge is 0.299 e. The fourth-order valence-electron chi connectivity index (χ4n) is 3.04. The van der Waals surface area contributed by atoms with E-state index in [1.807, 2.05) is 0 Å². The smallest absolute Gasteiger partial charge is 0.0345 e. The van der Waals surface area contributed by atoms with Crippen LogP contribution in [0.3, 0.4) is 0 Å². The highest BCUT2D eigenvalue weighted by Crippen LogP contribution is 2.36. The van der Waals surface area contributed by atoms with Crippen LogP contribution in [0.25, 0.3) is 0 Å². The van der Waals surface area contributed by atoms with Gasteiger partial charge in [-0.05, 0) is 54.0 Å². The second kappa shape index (κ2) is 5.18. The molecule has 2 rings (SSSR count). The van der Waals surface area contributed by atoms with Crippen LogP contribution in [-0.2, 0) is 10.8 Å². The molecule has 0 N–H and O–H groups in total. The van der Waals surface area contributed by atoms with Crippen LogP contribution in [-0.4, -0.2) is 18.5 Å². The molecule has 0 amide bonds. The van der Waals surface area contributed by atoms with Gasteiger partial charge in [-0.2, -0.15) is 0 Å². The molecular weight excluding hydrogens is 242 g/mol. The Morgan fingerprint density at radius 1 is 0.900 bits per heavy atom. The molecule has 1 fully saturated rings. The molecule has 1 aromatic rings. The monoisotopic (exact) mass is 273 g/mol. The lowest BCUT2D eigenvalue weighted by molar-refractivity contribution is 0.316. The minimum Gasteiger partial charge on any atom is -0.299 e. The van der Waals surface area contributed by atoms with Gasteiger partial charge in [0.25, 0.3) is 0 Å². The predicted molar refractivity (Wildman–Crippen MR) is 88.4 cm³/mol. The average Bonchev–Trinajstić information content (AvgIpc) is 2.72. The van der Waals surface area contributed by atoms with Gasteiger partial charge in [-0.15, -0.1) is 0 Å². The molecule has 20 heavy (non-hydrogen) atoms. The summed E-state index contributed by atoms with van der Waals surface area (Å²) in [6.45, 7) is 15.1. The first-order chi connectivity index (χ1) is 9.09. The SMILES string of the molecule is CN1CCCC1c1cc(C(C)(C)C)cc(C(C)(C)C)c1. The van der Waals surface area contributed by atoms with E-state index in [1.165, 1.54) is 36.1 Å². The normalized spacial score (nSPS) is 21.4. The van der Waals surface area contributed by atoms with Crippen LogP contribution in [0.2, 0.25) is 0 Å². The van der Waals surface area contributed by atoms with Crippen molar-refractivity contribution in [3.8, 4) is 0 Å². The quantitative estimate of drug-likeness (QED) is 0.692. The number of rotatable bonds is 1. The van der Waals surface area contributed by atoms with E-state index in [-0.39, 0.29) is 10.8 Å². The summed E-state index contributed by atoms with van der Waals surface area (Å²) in [6, 6.07) is 7.92. The molecule has 1 saturated heterocycles. The first kappa shape index (κ1) is 15.6. The van der Waals surface area contributed by atoms with Gasteiger partial charge in [-0.25, -0.2) is 0 Å². The number of benzene rings is 1. The highest BCUT2D eigenvalue weighted by molar-refractivity contribution is 5.39. The van der Waals surface area contributed by atoms with Gasteiger partial charge in [0, 0.05) is 6.04 Å². The summed E-state index contributed by atoms with van der Waals surface area (Å²) >= 11 is 0. The van der Waals surface area contributed by atoms with Crippen LogP contribution in [0.1, 0.15) is 77.1 Å². The maximum absolute atomic E-state index is 2.51. The van der Waals surface area contributed by atoms with E-state index in [4.69, 9.17) is 0 Å². The molecule has 1 aromatic carbocycles. The van der Waals surface area contributed by atoms with Gasteiger partial charge >= 0.3 is 0 Å². The number of likely N-dealkylation sites (tertiary alicyclic amines) is 1.